The number of hydrogen-bond donors (Lipinski definition) is 2. The first-order valence-corrected chi connectivity index (χ1v) is 11.1. The van der Waals surface area contributed by atoms with Gasteiger partial charge in [0, 0.05) is 13.1 Å². The number of alkyl halides is 3. The molecule has 0 saturated heterocycles. The Labute approximate surface area is 180 Å². The highest BCUT2D eigenvalue weighted by atomic mass is 32.2. The molecule has 0 aliphatic heterocycles. The van der Waals surface area contributed by atoms with Crippen molar-refractivity contribution >= 4 is 10.0 Å². The standard InChI is InChI=1S/C23H23F3N2O2S/c1-18-12-14-21(15-13-18)31(29,30)28-22(23(24,25)26,20-10-6-3-7-11-20)17-27-16-19-8-4-2-5-9-19/h2-15,27-28H,16-17H2,1H3/t22-/m1/s1. The van der Waals surface area contributed by atoms with Crippen molar-refractivity contribution in [3.8, 4) is 0 Å². The van der Waals surface area contributed by atoms with Gasteiger partial charge in [-0.15, -0.1) is 0 Å². The van der Waals surface area contributed by atoms with Crippen LogP contribution < -0.4 is 10.0 Å². The molecule has 0 heterocycles. The largest absolute Gasteiger partial charge is 0.412 e. The van der Waals surface area contributed by atoms with Gasteiger partial charge < -0.3 is 5.32 Å². The molecule has 0 spiro atoms. The maximum atomic E-state index is 14.5. The zero-order chi connectivity index (χ0) is 22.5. The lowest BCUT2D eigenvalue weighted by Gasteiger charge is -2.37. The molecule has 0 unspecified atom stereocenters. The second-order valence-electron chi connectivity index (χ2n) is 7.28. The Kier molecular flexibility index (Phi) is 6.83. The summed E-state index contributed by atoms with van der Waals surface area (Å²) in [6.45, 7) is 1.24. The van der Waals surface area contributed by atoms with Crippen molar-refractivity contribution in [2.24, 2.45) is 0 Å². The van der Waals surface area contributed by atoms with Crippen LogP contribution in [0.25, 0.3) is 0 Å². The summed E-state index contributed by atoms with van der Waals surface area (Å²) >= 11 is 0. The number of sulfonamides is 1. The molecule has 2 N–H and O–H groups in total. The Morgan fingerprint density at radius 3 is 1.90 bits per heavy atom. The third-order valence-electron chi connectivity index (χ3n) is 4.95. The van der Waals surface area contributed by atoms with Crippen LogP contribution >= 0.6 is 0 Å². The highest BCUT2D eigenvalue weighted by Crippen LogP contribution is 2.40. The fraction of sp³-hybridized carbons (Fsp3) is 0.217. The van der Waals surface area contributed by atoms with Crippen LogP contribution in [0, 0.1) is 6.92 Å². The summed E-state index contributed by atoms with van der Waals surface area (Å²) in [6.07, 6.45) is -4.91. The van der Waals surface area contributed by atoms with Crippen molar-refractivity contribution < 1.29 is 21.6 Å². The number of benzene rings is 3. The van der Waals surface area contributed by atoms with Gasteiger partial charge in [0.1, 0.15) is 0 Å². The van der Waals surface area contributed by atoms with E-state index >= 15 is 0 Å². The summed E-state index contributed by atoms with van der Waals surface area (Å²) in [7, 11) is -4.47. The van der Waals surface area contributed by atoms with Gasteiger partial charge >= 0.3 is 6.18 Å². The quantitative estimate of drug-likeness (QED) is 0.533. The van der Waals surface area contributed by atoms with Gasteiger partial charge in [0.15, 0.2) is 5.54 Å². The van der Waals surface area contributed by atoms with Crippen LogP contribution in [-0.4, -0.2) is 21.1 Å². The van der Waals surface area contributed by atoms with Gasteiger partial charge in [0.05, 0.1) is 4.90 Å². The minimum absolute atomic E-state index is 0.151. The van der Waals surface area contributed by atoms with Crippen molar-refractivity contribution in [1.29, 1.82) is 0 Å². The Morgan fingerprint density at radius 1 is 0.806 bits per heavy atom. The van der Waals surface area contributed by atoms with Crippen molar-refractivity contribution in [3.63, 3.8) is 0 Å². The van der Waals surface area contributed by atoms with Gasteiger partial charge in [-0.2, -0.15) is 17.9 Å². The van der Waals surface area contributed by atoms with Crippen molar-refractivity contribution in [1.82, 2.24) is 10.0 Å². The van der Waals surface area contributed by atoms with Crippen molar-refractivity contribution in [3.05, 3.63) is 102 Å². The zero-order valence-corrected chi connectivity index (χ0v) is 17.7. The van der Waals surface area contributed by atoms with Gasteiger partial charge in [-0.3, -0.25) is 0 Å². The molecular weight excluding hydrogens is 425 g/mol. The maximum absolute atomic E-state index is 14.5. The van der Waals surface area contributed by atoms with E-state index in [-0.39, 0.29) is 17.0 Å². The van der Waals surface area contributed by atoms with E-state index in [4.69, 9.17) is 0 Å². The number of halogens is 3. The summed E-state index contributed by atoms with van der Waals surface area (Å²) in [5.41, 5.74) is -1.47. The number of nitrogens with one attached hydrogen (secondary N) is 2. The Bertz CT molecular complexity index is 1090. The van der Waals surface area contributed by atoms with E-state index in [9.17, 15) is 21.6 Å². The molecule has 3 rings (SSSR count). The van der Waals surface area contributed by atoms with Crippen LogP contribution in [0.2, 0.25) is 0 Å². The molecule has 0 amide bonds. The van der Waals surface area contributed by atoms with Gasteiger partial charge in [-0.25, -0.2) is 8.42 Å². The van der Waals surface area contributed by atoms with Gasteiger partial charge in [0.2, 0.25) is 10.0 Å². The molecule has 1 atom stereocenters. The van der Waals surface area contributed by atoms with E-state index < -0.39 is 28.3 Å². The molecule has 3 aromatic rings. The van der Waals surface area contributed by atoms with Crippen LogP contribution in [-0.2, 0) is 22.1 Å². The molecule has 0 fully saturated rings. The lowest BCUT2D eigenvalue weighted by Crippen LogP contribution is -2.61. The van der Waals surface area contributed by atoms with Gasteiger partial charge in [0.25, 0.3) is 0 Å². The third kappa shape index (κ3) is 5.33. The van der Waals surface area contributed by atoms with Gasteiger partial charge in [-0.1, -0.05) is 78.4 Å². The Hall–Kier alpha value is -2.68. The highest BCUT2D eigenvalue weighted by Gasteiger charge is 2.58. The Morgan fingerprint density at radius 2 is 1.35 bits per heavy atom. The predicted molar refractivity (Wildman–Crippen MR) is 114 cm³/mol. The van der Waals surface area contributed by atoms with E-state index in [0.29, 0.717) is 0 Å². The summed E-state index contributed by atoms with van der Waals surface area (Å²) < 4.78 is 71.5. The number of rotatable bonds is 8. The molecular formula is C23H23F3N2O2S. The molecule has 8 heteroatoms. The molecule has 0 aliphatic carbocycles. The second kappa shape index (κ2) is 9.21. The van der Waals surface area contributed by atoms with Crippen LogP contribution in [0.3, 0.4) is 0 Å². The maximum Gasteiger partial charge on any atom is 0.412 e. The minimum Gasteiger partial charge on any atom is -0.310 e. The summed E-state index contributed by atoms with van der Waals surface area (Å²) in [4.78, 5) is -0.231. The summed E-state index contributed by atoms with van der Waals surface area (Å²) in [6, 6.07) is 21.6. The van der Waals surface area contributed by atoms with E-state index in [1.807, 2.05) is 10.8 Å². The van der Waals surface area contributed by atoms with E-state index in [2.05, 4.69) is 5.32 Å². The average molecular weight is 449 g/mol. The first-order chi connectivity index (χ1) is 14.6. The molecule has 0 aliphatic rings. The summed E-state index contributed by atoms with van der Waals surface area (Å²) in [5.74, 6) is 0. The van der Waals surface area contributed by atoms with Crippen LogP contribution in [0.5, 0.6) is 0 Å². The molecule has 0 bridgehead atoms. The second-order valence-corrected chi connectivity index (χ2v) is 8.96. The lowest BCUT2D eigenvalue weighted by atomic mass is 9.90. The molecule has 4 nitrogen and oxygen atoms in total. The van der Waals surface area contributed by atoms with Gasteiger partial charge in [-0.05, 0) is 30.2 Å². The molecule has 3 aromatic carbocycles. The van der Waals surface area contributed by atoms with Crippen molar-refractivity contribution in [2.75, 3.05) is 6.54 Å². The molecule has 0 radical (unpaired) electrons. The van der Waals surface area contributed by atoms with E-state index in [1.54, 1.807) is 49.4 Å². The third-order valence-corrected chi connectivity index (χ3v) is 6.46. The monoisotopic (exact) mass is 448 g/mol. The van der Waals surface area contributed by atoms with E-state index in [1.165, 1.54) is 36.4 Å². The SMILES string of the molecule is Cc1ccc(S(=O)(=O)N[C@](CNCc2ccccc2)(c2ccccc2)C(F)(F)F)cc1. The smallest absolute Gasteiger partial charge is 0.310 e. The first kappa shape index (κ1) is 23.0. The first-order valence-electron chi connectivity index (χ1n) is 9.62. The number of hydrogen-bond acceptors (Lipinski definition) is 3. The normalized spacial score (nSPS) is 14.2. The molecule has 31 heavy (non-hydrogen) atoms. The minimum atomic E-state index is -4.91. The lowest BCUT2D eigenvalue weighted by molar-refractivity contribution is -0.193. The fourth-order valence-electron chi connectivity index (χ4n) is 3.24. The average Bonchev–Trinajstić information content (AvgIpc) is 2.74. The zero-order valence-electron chi connectivity index (χ0n) is 16.9. The van der Waals surface area contributed by atoms with Crippen molar-refractivity contribution in [2.45, 2.75) is 30.1 Å². The fourth-order valence-corrected chi connectivity index (χ4v) is 4.61. The van der Waals surface area contributed by atoms with Crippen LogP contribution in [0.1, 0.15) is 16.7 Å². The van der Waals surface area contributed by atoms with E-state index in [0.717, 1.165) is 11.1 Å². The van der Waals surface area contributed by atoms with Crippen LogP contribution in [0.4, 0.5) is 13.2 Å². The predicted octanol–water partition coefficient (Wildman–Crippen LogP) is 4.52. The number of aryl methyl sites for hydroxylation is 1. The molecule has 164 valence electrons. The Balaban J connectivity index is 2.00. The molecule has 0 saturated carbocycles. The van der Waals surface area contributed by atoms with Crippen LogP contribution in [0.15, 0.2) is 89.8 Å². The topological polar surface area (TPSA) is 58.2 Å². The highest BCUT2D eigenvalue weighted by molar-refractivity contribution is 7.89. The molecule has 0 aromatic heterocycles. The summed E-state index contributed by atoms with van der Waals surface area (Å²) in [5, 5.41) is 2.78.